The van der Waals surface area contributed by atoms with Crippen LogP contribution in [0.1, 0.15) is 27.2 Å². The third-order valence-electron chi connectivity index (χ3n) is 3.93. The van der Waals surface area contributed by atoms with Crippen molar-refractivity contribution in [2.24, 2.45) is 5.92 Å². The topological polar surface area (TPSA) is 33.7 Å². The first kappa shape index (κ1) is 15.9. The molecule has 0 aromatic carbocycles. The van der Waals surface area contributed by atoms with Crippen molar-refractivity contribution in [2.45, 2.75) is 39.3 Å². The molecule has 18 heavy (non-hydrogen) atoms. The van der Waals surface area contributed by atoms with E-state index >= 15 is 0 Å². The fraction of sp³-hybridized carbons (Fsp3) is 1.00. The van der Waals surface area contributed by atoms with Crippen LogP contribution in [0, 0.1) is 5.92 Å². The number of likely N-dealkylation sites (N-methyl/N-ethyl adjacent to an activating group) is 1. The molecule has 1 N–H and O–H groups in total. The van der Waals surface area contributed by atoms with Gasteiger partial charge in [-0.25, -0.2) is 0 Å². The second kappa shape index (κ2) is 8.86. The van der Waals surface area contributed by atoms with Gasteiger partial charge in [0.05, 0.1) is 19.8 Å². The van der Waals surface area contributed by atoms with Crippen molar-refractivity contribution in [2.75, 3.05) is 46.6 Å². The van der Waals surface area contributed by atoms with Gasteiger partial charge in [-0.15, -0.1) is 0 Å². The molecule has 0 radical (unpaired) electrons. The van der Waals surface area contributed by atoms with Crippen molar-refractivity contribution in [1.82, 2.24) is 10.2 Å². The van der Waals surface area contributed by atoms with Crippen LogP contribution < -0.4 is 5.32 Å². The summed E-state index contributed by atoms with van der Waals surface area (Å²) in [5.41, 5.74) is 0. The second-order valence-corrected chi connectivity index (χ2v) is 5.21. The van der Waals surface area contributed by atoms with Crippen LogP contribution in [0.5, 0.6) is 0 Å². The Kier molecular flexibility index (Phi) is 7.82. The highest BCUT2D eigenvalue weighted by atomic mass is 16.5. The van der Waals surface area contributed by atoms with Gasteiger partial charge in [-0.1, -0.05) is 13.8 Å². The van der Waals surface area contributed by atoms with Gasteiger partial charge in [-0.2, -0.15) is 0 Å². The Bertz CT molecular complexity index is 214. The molecule has 0 spiro atoms. The van der Waals surface area contributed by atoms with E-state index in [-0.39, 0.29) is 0 Å². The van der Waals surface area contributed by atoms with Crippen molar-refractivity contribution in [3.8, 4) is 0 Å². The van der Waals surface area contributed by atoms with Gasteiger partial charge >= 0.3 is 0 Å². The summed E-state index contributed by atoms with van der Waals surface area (Å²) in [6, 6.07) is 1.13. The Morgan fingerprint density at radius 3 is 2.78 bits per heavy atom. The van der Waals surface area contributed by atoms with E-state index in [2.05, 4.69) is 31.0 Å². The highest BCUT2D eigenvalue weighted by Gasteiger charge is 2.29. The normalized spacial score (nSPS) is 25.8. The number of nitrogens with zero attached hydrogens (tertiary/aromatic N) is 1. The van der Waals surface area contributed by atoms with Crippen LogP contribution in [0.3, 0.4) is 0 Å². The minimum Gasteiger partial charge on any atom is -0.383 e. The highest BCUT2D eigenvalue weighted by molar-refractivity contribution is 4.84. The molecule has 0 aromatic rings. The summed E-state index contributed by atoms with van der Waals surface area (Å²) >= 11 is 0. The zero-order chi connectivity index (χ0) is 13.4. The van der Waals surface area contributed by atoms with Gasteiger partial charge in [0.25, 0.3) is 0 Å². The summed E-state index contributed by atoms with van der Waals surface area (Å²) in [4.78, 5) is 2.53. The lowest BCUT2D eigenvalue weighted by Gasteiger charge is -2.32. The summed E-state index contributed by atoms with van der Waals surface area (Å²) in [6.07, 6.45) is 1.18. The highest BCUT2D eigenvalue weighted by Crippen LogP contribution is 2.17. The summed E-state index contributed by atoms with van der Waals surface area (Å²) in [7, 11) is 1.77. The molecular formula is C14H30N2O2. The van der Waals surface area contributed by atoms with Crippen LogP contribution in [0.25, 0.3) is 0 Å². The standard InChI is InChI=1S/C14H30N2O2/c1-5-12(3)16(7-8-17-4)9-13-10-18-11-14(13)15-6-2/h12-15H,5-11H2,1-4H3. The smallest absolute Gasteiger partial charge is 0.0623 e. The molecule has 4 heteroatoms. The first-order valence-corrected chi connectivity index (χ1v) is 7.27. The van der Waals surface area contributed by atoms with Crippen LogP contribution in [-0.4, -0.2) is 63.5 Å². The van der Waals surface area contributed by atoms with Gasteiger partial charge in [0.15, 0.2) is 0 Å². The Balaban J connectivity index is 2.47. The number of hydrogen-bond donors (Lipinski definition) is 1. The molecule has 108 valence electrons. The molecule has 1 rings (SSSR count). The number of methoxy groups -OCH3 is 1. The second-order valence-electron chi connectivity index (χ2n) is 5.21. The van der Waals surface area contributed by atoms with Gasteiger partial charge in [-0.3, -0.25) is 4.90 Å². The zero-order valence-corrected chi connectivity index (χ0v) is 12.4. The predicted molar refractivity (Wildman–Crippen MR) is 75.0 cm³/mol. The van der Waals surface area contributed by atoms with E-state index in [0.717, 1.165) is 39.5 Å². The van der Waals surface area contributed by atoms with Gasteiger partial charge in [0, 0.05) is 38.2 Å². The third kappa shape index (κ3) is 4.84. The van der Waals surface area contributed by atoms with Crippen molar-refractivity contribution in [3.05, 3.63) is 0 Å². The maximum absolute atomic E-state index is 5.62. The number of rotatable bonds is 9. The molecule has 1 saturated heterocycles. The van der Waals surface area contributed by atoms with Gasteiger partial charge in [0.2, 0.25) is 0 Å². The quantitative estimate of drug-likeness (QED) is 0.677. The number of ether oxygens (including phenoxy) is 2. The average molecular weight is 258 g/mol. The molecule has 0 saturated carbocycles. The molecular weight excluding hydrogens is 228 g/mol. The molecule has 3 unspecified atom stereocenters. The average Bonchev–Trinajstić information content (AvgIpc) is 2.81. The Labute approximate surface area is 112 Å². The summed E-state index contributed by atoms with van der Waals surface area (Å²) in [6.45, 7) is 12.4. The molecule has 1 fully saturated rings. The van der Waals surface area contributed by atoms with Gasteiger partial charge in [-0.05, 0) is 19.9 Å². The van der Waals surface area contributed by atoms with E-state index in [0.29, 0.717) is 18.0 Å². The van der Waals surface area contributed by atoms with E-state index < -0.39 is 0 Å². The van der Waals surface area contributed by atoms with Crippen LogP contribution in [-0.2, 0) is 9.47 Å². The first-order valence-electron chi connectivity index (χ1n) is 7.27. The maximum Gasteiger partial charge on any atom is 0.0623 e. The van der Waals surface area contributed by atoms with Crippen molar-refractivity contribution < 1.29 is 9.47 Å². The molecule has 0 bridgehead atoms. The van der Waals surface area contributed by atoms with Crippen molar-refractivity contribution in [1.29, 1.82) is 0 Å². The van der Waals surface area contributed by atoms with Crippen LogP contribution in [0.4, 0.5) is 0 Å². The van der Waals surface area contributed by atoms with Gasteiger partial charge in [0.1, 0.15) is 0 Å². The summed E-state index contributed by atoms with van der Waals surface area (Å²) < 4.78 is 10.8. The predicted octanol–water partition coefficient (Wildman–Crippen LogP) is 1.36. The number of nitrogens with one attached hydrogen (secondary N) is 1. The fourth-order valence-electron chi connectivity index (χ4n) is 2.53. The Morgan fingerprint density at radius 1 is 1.39 bits per heavy atom. The fourth-order valence-corrected chi connectivity index (χ4v) is 2.53. The third-order valence-corrected chi connectivity index (χ3v) is 3.93. The number of hydrogen-bond acceptors (Lipinski definition) is 4. The molecule has 0 aromatic heterocycles. The molecule has 1 heterocycles. The van der Waals surface area contributed by atoms with Gasteiger partial charge < -0.3 is 14.8 Å². The molecule has 3 atom stereocenters. The molecule has 1 aliphatic heterocycles. The summed E-state index contributed by atoms with van der Waals surface area (Å²) in [5, 5.41) is 3.53. The van der Waals surface area contributed by atoms with Crippen LogP contribution in [0.15, 0.2) is 0 Å². The van der Waals surface area contributed by atoms with E-state index in [1.54, 1.807) is 7.11 Å². The lowest BCUT2D eigenvalue weighted by Crippen LogP contribution is -2.45. The van der Waals surface area contributed by atoms with E-state index in [1.807, 2.05) is 0 Å². The lowest BCUT2D eigenvalue weighted by molar-refractivity contribution is 0.102. The SMILES string of the molecule is CCNC1COCC1CN(CCOC)C(C)CC. The zero-order valence-electron chi connectivity index (χ0n) is 12.4. The first-order chi connectivity index (χ1) is 8.72. The summed E-state index contributed by atoms with van der Waals surface area (Å²) in [5.74, 6) is 0.607. The largest absolute Gasteiger partial charge is 0.383 e. The van der Waals surface area contributed by atoms with Crippen LogP contribution >= 0.6 is 0 Å². The van der Waals surface area contributed by atoms with E-state index in [4.69, 9.17) is 9.47 Å². The lowest BCUT2D eigenvalue weighted by atomic mass is 10.0. The molecule has 0 aliphatic carbocycles. The van der Waals surface area contributed by atoms with E-state index in [9.17, 15) is 0 Å². The monoisotopic (exact) mass is 258 g/mol. The van der Waals surface area contributed by atoms with E-state index in [1.165, 1.54) is 6.42 Å². The Morgan fingerprint density at radius 2 is 2.17 bits per heavy atom. The van der Waals surface area contributed by atoms with Crippen LogP contribution in [0.2, 0.25) is 0 Å². The minimum absolute atomic E-state index is 0.518. The minimum atomic E-state index is 0.518. The maximum atomic E-state index is 5.62. The Hall–Kier alpha value is -0.160. The molecule has 1 aliphatic rings. The molecule has 0 amide bonds. The van der Waals surface area contributed by atoms with Crippen molar-refractivity contribution >= 4 is 0 Å². The van der Waals surface area contributed by atoms with Crippen molar-refractivity contribution in [3.63, 3.8) is 0 Å². The molecule has 4 nitrogen and oxygen atoms in total.